The number of amides is 1. The van der Waals surface area contributed by atoms with Gasteiger partial charge in [-0.25, -0.2) is 4.79 Å². The van der Waals surface area contributed by atoms with Crippen LogP contribution in [0.15, 0.2) is 24.3 Å². The summed E-state index contributed by atoms with van der Waals surface area (Å²) in [5.41, 5.74) is 0.619. The summed E-state index contributed by atoms with van der Waals surface area (Å²) < 4.78 is 5.14. The molecular weight excluding hydrogens is 316 g/mol. The monoisotopic (exact) mass is 338 g/mol. The SMILES string of the molecule is N#Cc1cccc(C(=O)OCC(=O)NC23CC4CC(CC(C4)C2)C3)c1. The molecule has 0 aromatic heterocycles. The van der Waals surface area contributed by atoms with Crippen LogP contribution >= 0.6 is 0 Å². The predicted molar refractivity (Wildman–Crippen MR) is 90.5 cm³/mol. The van der Waals surface area contributed by atoms with Gasteiger partial charge in [0.25, 0.3) is 5.91 Å². The van der Waals surface area contributed by atoms with E-state index in [1.165, 1.54) is 25.3 Å². The van der Waals surface area contributed by atoms with Crippen LogP contribution in [-0.2, 0) is 9.53 Å². The number of carbonyl (C=O) groups excluding carboxylic acids is 2. The highest BCUT2D eigenvalue weighted by atomic mass is 16.5. The molecule has 0 unspecified atom stereocenters. The molecule has 1 amide bonds. The van der Waals surface area contributed by atoms with E-state index in [-0.39, 0.29) is 18.1 Å². The van der Waals surface area contributed by atoms with Gasteiger partial charge in [0.2, 0.25) is 0 Å². The standard InChI is InChI=1S/C20H22N2O3/c21-11-13-2-1-3-17(7-13)19(24)25-12-18(23)22-20-8-14-4-15(9-20)6-16(5-14)10-20/h1-3,7,14-16H,4-6,8-10,12H2,(H,22,23). The molecule has 5 heteroatoms. The Hall–Kier alpha value is -2.35. The lowest BCUT2D eigenvalue weighted by Gasteiger charge is -2.56. The Morgan fingerprint density at radius 2 is 1.80 bits per heavy atom. The van der Waals surface area contributed by atoms with Gasteiger partial charge in [0.15, 0.2) is 6.61 Å². The molecule has 0 radical (unpaired) electrons. The third kappa shape index (κ3) is 3.26. The maximum absolute atomic E-state index is 12.3. The summed E-state index contributed by atoms with van der Waals surface area (Å²) in [7, 11) is 0. The molecular formula is C20H22N2O3. The van der Waals surface area contributed by atoms with Crippen molar-refractivity contribution in [3.63, 3.8) is 0 Å². The van der Waals surface area contributed by atoms with Gasteiger partial charge in [-0.15, -0.1) is 0 Å². The minimum atomic E-state index is -0.572. The number of hydrogen-bond acceptors (Lipinski definition) is 4. The summed E-state index contributed by atoms with van der Waals surface area (Å²) in [5.74, 6) is 1.47. The van der Waals surface area contributed by atoms with Crippen LogP contribution in [0.4, 0.5) is 0 Å². The Morgan fingerprint density at radius 3 is 2.40 bits per heavy atom. The highest BCUT2D eigenvalue weighted by Gasteiger charge is 2.51. The van der Waals surface area contributed by atoms with E-state index in [1.807, 2.05) is 6.07 Å². The highest BCUT2D eigenvalue weighted by molar-refractivity contribution is 5.91. The van der Waals surface area contributed by atoms with Crippen LogP contribution in [0.3, 0.4) is 0 Å². The van der Waals surface area contributed by atoms with Crippen LogP contribution in [0.5, 0.6) is 0 Å². The van der Waals surface area contributed by atoms with Crippen molar-refractivity contribution in [2.45, 2.75) is 44.1 Å². The van der Waals surface area contributed by atoms with Crippen molar-refractivity contribution in [3.05, 3.63) is 35.4 Å². The van der Waals surface area contributed by atoms with Gasteiger partial charge < -0.3 is 10.1 Å². The van der Waals surface area contributed by atoms with E-state index in [0.29, 0.717) is 11.1 Å². The molecule has 4 saturated carbocycles. The smallest absolute Gasteiger partial charge is 0.338 e. The average Bonchev–Trinajstić information content (AvgIpc) is 2.58. The van der Waals surface area contributed by atoms with E-state index in [2.05, 4.69) is 5.32 Å². The molecule has 0 aliphatic heterocycles. The number of ether oxygens (including phenoxy) is 1. The first-order valence-electron chi connectivity index (χ1n) is 9.03. The van der Waals surface area contributed by atoms with Crippen LogP contribution in [0.25, 0.3) is 0 Å². The Morgan fingerprint density at radius 1 is 1.16 bits per heavy atom. The van der Waals surface area contributed by atoms with Crippen molar-refractivity contribution in [2.24, 2.45) is 17.8 Å². The fourth-order valence-electron chi connectivity index (χ4n) is 5.53. The molecule has 4 aliphatic carbocycles. The van der Waals surface area contributed by atoms with E-state index >= 15 is 0 Å². The minimum Gasteiger partial charge on any atom is -0.452 e. The molecule has 5 rings (SSSR count). The molecule has 4 bridgehead atoms. The zero-order chi connectivity index (χ0) is 17.4. The molecule has 4 aliphatic rings. The summed E-state index contributed by atoms with van der Waals surface area (Å²) in [6.07, 6.45) is 7.17. The van der Waals surface area contributed by atoms with Crippen LogP contribution in [0.2, 0.25) is 0 Å². The molecule has 4 fully saturated rings. The summed E-state index contributed by atoms with van der Waals surface area (Å²) in [4.78, 5) is 24.4. The normalized spacial score (nSPS) is 32.0. The van der Waals surface area contributed by atoms with E-state index < -0.39 is 5.97 Å². The van der Waals surface area contributed by atoms with Crippen molar-refractivity contribution in [3.8, 4) is 6.07 Å². The molecule has 0 spiro atoms. The van der Waals surface area contributed by atoms with Gasteiger partial charge in [-0.2, -0.15) is 5.26 Å². The zero-order valence-electron chi connectivity index (χ0n) is 14.2. The second-order valence-electron chi connectivity index (χ2n) is 8.01. The van der Waals surface area contributed by atoms with Crippen molar-refractivity contribution >= 4 is 11.9 Å². The maximum Gasteiger partial charge on any atom is 0.338 e. The first-order valence-corrected chi connectivity index (χ1v) is 9.03. The first-order chi connectivity index (χ1) is 12.0. The quantitative estimate of drug-likeness (QED) is 0.856. The van der Waals surface area contributed by atoms with E-state index in [0.717, 1.165) is 37.0 Å². The molecule has 0 atom stereocenters. The number of esters is 1. The van der Waals surface area contributed by atoms with E-state index in [9.17, 15) is 9.59 Å². The summed E-state index contributed by atoms with van der Waals surface area (Å²) in [6, 6.07) is 8.29. The molecule has 1 aromatic rings. The molecule has 25 heavy (non-hydrogen) atoms. The molecule has 1 N–H and O–H groups in total. The van der Waals surface area contributed by atoms with Gasteiger partial charge in [0.05, 0.1) is 17.2 Å². The lowest BCUT2D eigenvalue weighted by Crippen LogP contribution is -2.60. The minimum absolute atomic E-state index is 0.0705. The van der Waals surface area contributed by atoms with E-state index in [1.54, 1.807) is 18.2 Å². The third-order valence-electron chi connectivity index (χ3n) is 6.00. The molecule has 130 valence electrons. The van der Waals surface area contributed by atoms with Crippen LogP contribution in [0, 0.1) is 29.1 Å². The van der Waals surface area contributed by atoms with Crippen molar-refractivity contribution in [1.82, 2.24) is 5.32 Å². The van der Waals surface area contributed by atoms with Gasteiger partial charge in [0, 0.05) is 5.54 Å². The third-order valence-corrected chi connectivity index (χ3v) is 6.00. The number of nitrogens with zero attached hydrogens (tertiary/aromatic N) is 1. The average molecular weight is 338 g/mol. The van der Waals surface area contributed by atoms with Crippen molar-refractivity contribution in [1.29, 1.82) is 5.26 Å². The predicted octanol–water partition coefficient (Wildman–Crippen LogP) is 2.80. The number of rotatable bonds is 4. The van der Waals surface area contributed by atoms with Gasteiger partial charge in [-0.1, -0.05) is 6.07 Å². The number of nitrogens with one attached hydrogen (secondary N) is 1. The number of benzene rings is 1. The Bertz CT molecular complexity index is 714. The fraction of sp³-hybridized carbons (Fsp3) is 0.550. The zero-order valence-corrected chi connectivity index (χ0v) is 14.2. The van der Waals surface area contributed by atoms with Crippen LogP contribution in [-0.4, -0.2) is 24.0 Å². The van der Waals surface area contributed by atoms with Crippen LogP contribution in [0.1, 0.15) is 54.4 Å². The van der Waals surface area contributed by atoms with Crippen molar-refractivity contribution in [2.75, 3.05) is 6.61 Å². The lowest BCUT2D eigenvalue weighted by molar-refractivity contribution is -0.130. The van der Waals surface area contributed by atoms with Crippen LogP contribution < -0.4 is 5.32 Å². The molecule has 0 saturated heterocycles. The topological polar surface area (TPSA) is 79.2 Å². The Kier molecular flexibility index (Phi) is 3.99. The maximum atomic E-state index is 12.3. The number of nitriles is 1. The number of carbonyl (C=O) groups is 2. The van der Waals surface area contributed by atoms with E-state index in [4.69, 9.17) is 10.00 Å². The van der Waals surface area contributed by atoms with Gasteiger partial charge in [0.1, 0.15) is 0 Å². The van der Waals surface area contributed by atoms with Gasteiger partial charge in [-0.05, 0) is 74.5 Å². The van der Waals surface area contributed by atoms with Crippen molar-refractivity contribution < 1.29 is 14.3 Å². The van der Waals surface area contributed by atoms with Gasteiger partial charge >= 0.3 is 5.97 Å². The fourth-order valence-corrected chi connectivity index (χ4v) is 5.53. The Balaban J connectivity index is 1.34. The molecule has 1 aromatic carbocycles. The summed E-state index contributed by atoms with van der Waals surface area (Å²) in [6.45, 7) is -0.267. The van der Waals surface area contributed by atoms with Gasteiger partial charge in [-0.3, -0.25) is 4.79 Å². The highest BCUT2D eigenvalue weighted by Crippen LogP contribution is 2.55. The second-order valence-corrected chi connectivity index (χ2v) is 8.01. The number of hydrogen-bond donors (Lipinski definition) is 1. The largest absolute Gasteiger partial charge is 0.452 e. The first kappa shape index (κ1) is 16.1. The second kappa shape index (κ2) is 6.18. The molecule has 0 heterocycles. The molecule has 5 nitrogen and oxygen atoms in total. The summed E-state index contributed by atoms with van der Waals surface area (Å²) >= 11 is 0. The summed E-state index contributed by atoms with van der Waals surface area (Å²) in [5, 5.41) is 12.1. The Labute approximate surface area is 147 Å². The lowest BCUT2D eigenvalue weighted by atomic mass is 9.53.